The van der Waals surface area contributed by atoms with Crippen molar-refractivity contribution in [3.05, 3.63) is 70.9 Å². The maximum absolute atomic E-state index is 11.5. The summed E-state index contributed by atoms with van der Waals surface area (Å²) >= 11 is 1.76. The van der Waals surface area contributed by atoms with Crippen LogP contribution in [-0.2, 0) is 4.79 Å². The average molecular weight is 366 g/mol. The highest BCUT2D eigenvalue weighted by atomic mass is 32.1. The molecule has 1 amide bonds. The number of hydrogen-bond acceptors (Lipinski definition) is 4. The fourth-order valence-electron chi connectivity index (χ4n) is 3.50. The Morgan fingerprint density at radius 1 is 1.12 bits per heavy atom. The molecule has 2 aromatic heterocycles. The molecule has 6 heteroatoms. The number of piperazine rings is 1. The highest BCUT2D eigenvalue weighted by molar-refractivity contribution is 7.10. The van der Waals surface area contributed by atoms with Gasteiger partial charge < -0.3 is 14.4 Å². The monoisotopic (exact) mass is 366 g/mol. The molecule has 134 valence electrons. The summed E-state index contributed by atoms with van der Waals surface area (Å²) in [6.45, 7) is 5.00. The number of imidazole rings is 1. The maximum atomic E-state index is 11.5. The zero-order valence-electron chi connectivity index (χ0n) is 14.8. The summed E-state index contributed by atoms with van der Waals surface area (Å²) < 4.78 is 2.15. The number of carbonyl (C=O) groups is 1. The van der Waals surface area contributed by atoms with Gasteiger partial charge in [0.1, 0.15) is 0 Å². The van der Waals surface area contributed by atoms with Gasteiger partial charge in [-0.2, -0.15) is 0 Å². The standard InChI is InChI=1S/C20H22N4OS/c1-16(25)22-10-12-23(13-11-22)18-6-4-17(5-7-18)20(19-3-2-14-26-19)24-9-8-21-15-24/h2-9,14-15,20H,10-13H2,1H3. The minimum absolute atomic E-state index is 0.154. The van der Waals surface area contributed by atoms with Crippen molar-refractivity contribution in [1.29, 1.82) is 0 Å². The number of benzene rings is 1. The summed E-state index contributed by atoms with van der Waals surface area (Å²) in [6.07, 6.45) is 5.71. The predicted octanol–water partition coefficient (Wildman–Crippen LogP) is 3.25. The molecule has 0 saturated carbocycles. The number of aromatic nitrogens is 2. The van der Waals surface area contributed by atoms with Gasteiger partial charge in [0.25, 0.3) is 0 Å². The smallest absolute Gasteiger partial charge is 0.219 e. The van der Waals surface area contributed by atoms with Crippen LogP contribution in [0.15, 0.2) is 60.5 Å². The molecule has 1 aromatic carbocycles. The Hall–Kier alpha value is -2.60. The molecule has 1 atom stereocenters. The van der Waals surface area contributed by atoms with Crippen LogP contribution in [0, 0.1) is 0 Å². The number of thiophene rings is 1. The van der Waals surface area contributed by atoms with Crippen LogP contribution in [0.4, 0.5) is 5.69 Å². The van der Waals surface area contributed by atoms with Crippen molar-refractivity contribution in [1.82, 2.24) is 14.5 Å². The second kappa shape index (κ2) is 7.33. The summed E-state index contributed by atoms with van der Waals surface area (Å²) in [5.41, 5.74) is 2.46. The number of amides is 1. The van der Waals surface area contributed by atoms with Crippen molar-refractivity contribution in [2.75, 3.05) is 31.1 Å². The van der Waals surface area contributed by atoms with Gasteiger partial charge in [-0.1, -0.05) is 18.2 Å². The van der Waals surface area contributed by atoms with Gasteiger partial charge >= 0.3 is 0 Å². The van der Waals surface area contributed by atoms with Gasteiger partial charge in [0.2, 0.25) is 5.91 Å². The zero-order chi connectivity index (χ0) is 17.9. The van der Waals surface area contributed by atoms with Crippen LogP contribution in [0.3, 0.4) is 0 Å². The van der Waals surface area contributed by atoms with E-state index in [0.29, 0.717) is 0 Å². The molecule has 26 heavy (non-hydrogen) atoms. The van der Waals surface area contributed by atoms with Crippen molar-refractivity contribution in [2.45, 2.75) is 13.0 Å². The molecule has 0 aliphatic carbocycles. The minimum Gasteiger partial charge on any atom is -0.368 e. The highest BCUT2D eigenvalue weighted by Crippen LogP contribution is 2.31. The summed E-state index contributed by atoms with van der Waals surface area (Å²) in [5, 5.41) is 2.11. The average Bonchev–Trinajstić information content (AvgIpc) is 3.37. The van der Waals surface area contributed by atoms with Gasteiger partial charge in [-0.25, -0.2) is 4.98 Å². The number of carbonyl (C=O) groups excluding carboxylic acids is 1. The Morgan fingerprint density at radius 2 is 1.88 bits per heavy atom. The van der Waals surface area contributed by atoms with Crippen LogP contribution >= 0.6 is 11.3 Å². The van der Waals surface area contributed by atoms with E-state index in [1.165, 1.54) is 16.1 Å². The molecule has 1 aliphatic heterocycles. The predicted molar refractivity (Wildman–Crippen MR) is 105 cm³/mol. The topological polar surface area (TPSA) is 41.4 Å². The molecule has 1 unspecified atom stereocenters. The van der Waals surface area contributed by atoms with Crippen molar-refractivity contribution in [3.63, 3.8) is 0 Å². The molecule has 1 aliphatic rings. The van der Waals surface area contributed by atoms with E-state index in [1.54, 1.807) is 18.3 Å². The molecule has 1 saturated heterocycles. The van der Waals surface area contributed by atoms with Crippen LogP contribution < -0.4 is 4.90 Å². The first kappa shape index (κ1) is 16.8. The first-order valence-corrected chi connectivity index (χ1v) is 9.71. The van der Waals surface area contributed by atoms with Crippen LogP contribution in [0.25, 0.3) is 0 Å². The van der Waals surface area contributed by atoms with E-state index in [0.717, 1.165) is 26.2 Å². The van der Waals surface area contributed by atoms with Gasteiger partial charge in [-0.3, -0.25) is 4.79 Å². The molecule has 3 heterocycles. The molecule has 1 fully saturated rings. The van der Waals surface area contributed by atoms with Crippen LogP contribution in [0.1, 0.15) is 23.4 Å². The molecule has 0 N–H and O–H groups in total. The van der Waals surface area contributed by atoms with E-state index in [1.807, 2.05) is 23.6 Å². The lowest BCUT2D eigenvalue weighted by Gasteiger charge is -2.35. The van der Waals surface area contributed by atoms with E-state index in [2.05, 4.69) is 56.2 Å². The maximum Gasteiger partial charge on any atom is 0.219 e. The third-order valence-electron chi connectivity index (χ3n) is 4.93. The summed E-state index contributed by atoms with van der Waals surface area (Å²) in [5.74, 6) is 0.166. The lowest BCUT2D eigenvalue weighted by molar-refractivity contribution is -0.129. The molecule has 0 spiro atoms. The summed E-state index contributed by atoms with van der Waals surface area (Å²) in [4.78, 5) is 21.3. The molecule has 5 nitrogen and oxygen atoms in total. The fraction of sp³-hybridized carbons (Fsp3) is 0.300. The summed E-state index contributed by atoms with van der Waals surface area (Å²) in [7, 11) is 0. The number of anilines is 1. The normalized spacial score (nSPS) is 15.9. The van der Waals surface area contributed by atoms with Gasteiger partial charge in [0.05, 0.1) is 12.4 Å². The van der Waals surface area contributed by atoms with E-state index >= 15 is 0 Å². The summed E-state index contributed by atoms with van der Waals surface area (Å²) in [6, 6.07) is 13.2. The van der Waals surface area contributed by atoms with Crippen molar-refractivity contribution >= 4 is 22.9 Å². The Bertz CT molecular complexity index is 800. The number of nitrogens with zero attached hydrogens (tertiary/aromatic N) is 4. The Balaban J connectivity index is 1.54. The SMILES string of the molecule is CC(=O)N1CCN(c2ccc(C(c3cccs3)n3ccnc3)cc2)CC1. The van der Waals surface area contributed by atoms with Crippen LogP contribution in [-0.4, -0.2) is 46.5 Å². The lowest BCUT2D eigenvalue weighted by Crippen LogP contribution is -2.48. The molecular weight excluding hydrogens is 344 g/mol. The molecular formula is C20H22N4OS. The van der Waals surface area contributed by atoms with Gasteiger partial charge in [-0.05, 0) is 29.1 Å². The van der Waals surface area contributed by atoms with E-state index in [-0.39, 0.29) is 11.9 Å². The van der Waals surface area contributed by atoms with E-state index < -0.39 is 0 Å². The Labute approximate surface area is 157 Å². The first-order valence-electron chi connectivity index (χ1n) is 8.83. The van der Waals surface area contributed by atoms with Gasteiger partial charge in [-0.15, -0.1) is 11.3 Å². The largest absolute Gasteiger partial charge is 0.368 e. The van der Waals surface area contributed by atoms with Crippen molar-refractivity contribution in [3.8, 4) is 0 Å². The Morgan fingerprint density at radius 3 is 2.46 bits per heavy atom. The first-order chi connectivity index (χ1) is 12.7. The second-order valence-corrected chi connectivity index (χ2v) is 7.49. The van der Waals surface area contributed by atoms with E-state index in [9.17, 15) is 4.79 Å². The van der Waals surface area contributed by atoms with Crippen LogP contribution in [0.5, 0.6) is 0 Å². The number of rotatable bonds is 4. The van der Waals surface area contributed by atoms with Gasteiger partial charge in [0.15, 0.2) is 0 Å². The third kappa shape index (κ3) is 3.37. The highest BCUT2D eigenvalue weighted by Gasteiger charge is 2.20. The lowest BCUT2D eigenvalue weighted by atomic mass is 10.0. The fourth-order valence-corrected chi connectivity index (χ4v) is 4.36. The quantitative estimate of drug-likeness (QED) is 0.712. The third-order valence-corrected chi connectivity index (χ3v) is 5.86. The zero-order valence-corrected chi connectivity index (χ0v) is 15.6. The van der Waals surface area contributed by atoms with Crippen molar-refractivity contribution < 1.29 is 4.79 Å². The van der Waals surface area contributed by atoms with Crippen molar-refractivity contribution in [2.24, 2.45) is 0 Å². The Kier molecular flexibility index (Phi) is 4.75. The second-order valence-electron chi connectivity index (χ2n) is 6.51. The molecule has 0 bridgehead atoms. The number of hydrogen-bond donors (Lipinski definition) is 0. The molecule has 4 rings (SSSR count). The van der Waals surface area contributed by atoms with Crippen LogP contribution in [0.2, 0.25) is 0 Å². The molecule has 3 aromatic rings. The molecule has 0 radical (unpaired) electrons. The van der Waals surface area contributed by atoms with E-state index in [4.69, 9.17) is 0 Å². The van der Waals surface area contributed by atoms with Gasteiger partial charge in [0, 0.05) is 56.1 Å². The minimum atomic E-state index is 0.154.